The quantitative estimate of drug-likeness (QED) is 0.0222. The molecule has 0 spiro atoms. The molecule has 0 bridgehead atoms. The lowest BCUT2D eigenvalue weighted by atomic mass is 9.98. The van der Waals surface area contributed by atoms with Gasteiger partial charge in [-0.1, -0.05) is 187 Å². The van der Waals surface area contributed by atoms with Crippen molar-refractivity contribution in [3.05, 3.63) is 12.2 Å². The molecule has 11 heteroatoms. The van der Waals surface area contributed by atoms with E-state index in [2.05, 4.69) is 31.3 Å². The Hall–Kier alpha value is -1.15. The molecule has 1 rings (SSSR count). The van der Waals surface area contributed by atoms with E-state index in [1.165, 1.54) is 122 Å². The van der Waals surface area contributed by atoms with Crippen LogP contribution in [0.3, 0.4) is 0 Å². The number of rotatable bonds is 40. The lowest BCUT2D eigenvalue weighted by Crippen LogP contribution is -2.60. The van der Waals surface area contributed by atoms with E-state index in [-0.39, 0.29) is 6.42 Å². The summed E-state index contributed by atoms with van der Waals surface area (Å²) in [4.78, 5) is 13.1. The number of allylic oxidation sites excluding steroid dienone is 2. The highest BCUT2D eigenvalue weighted by atomic mass is 16.7. The Morgan fingerprint density at radius 2 is 1.00 bits per heavy atom. The number of aliphatic hydroxyl groups excluding tert-OH is 7. The van der Waals surface area contributed by atoms with Crippen molar-refractivity contribution in [1.82, 2.24) is 5.32 Å². The Bertz CT molecular complexity index is 954. The van der Waals surface area contributed by atoms with Crippen LogP contribution in [0.2, 0.25) is 0 Å². The van der Waals surface area contributed by atoms with Crippen LogP contribution >= 0.6 is 0 Å². The van der Waals surface area contributed by atoms with Crippen LogP contribution in [0.15, 0.2) is 12.2 Å². The van der Waals surface area contributed by atoms with E-state index in [0.717, 1.165) is 51.4 Å². The van der Waals surface area contributed by atoms with Crippen LogP contribution in [0.5, 0.6) is 0 Å². The highest BCUT2D eigenvalue weighted by Gasteiger charge is 2.44. The predicted molar refractivity (Wildman–Crippen MR) is 233 cm³/mol. The van der Waals surface area contributed by atoms with Crippen LogP contribution in [0.25, 0.3) is 0 Å². The van der Waals surface area contributed by atoms with Crippen molar-refractivity contribution in [3.8, 4) is 0 Å². The zero-order valence-electron chi connectivity index (χ0n) is 37.0. The Labute approximate surface area is 353 Å². The van der Waals surface area contributed by atoms with Gasteiger partial charge in [-0.3, -0.25) is 4.79 Å². The molecule has 0 aromatic rings. The largest absolute Gasteiger partial charge is 0.394 e. The zero-order chi connectivity index (χ0) is 42.6. The highest BCUT2D eigenvalue weighted by Crippen LogP contribution is 2.23. The van der Waals surface area contributed by atoms with Gasteiger partial charge in [0.2, 0.25) is 5.91 Å². The fraction of sp³-hybridized carbons (Fsp3) is 0.936. The molecule has 8 N–H and O–H groups in total. The second kappa shape index (κ2) is 37.6. The number of nitrogens with one attached hydrogen (secondary N) is 1. The minimum atomic E-state index is -1.66. The van der Waals surface area contributed by atoms with Crippen LogP contribution in [0.1, 0.15) is 213 Å². The molecular weight excluding hydrogens is 739 g/mol. The van der Waals surface area contributed by atoms with Crippen molar-refractivity contribution in [2.75, 3.05) is 13.2 Å². The summed E-state index contributed by atoms with van der Waals surface area (Å²) in [6.45, 7) is 3.44. The Kier molecular flexibility index (Phi) is 35.6. The average molecular weight is 830 g/mol. The summed E-state index contributed by atoms with van der Waals surface area (Å²) < 4.78 is 11.1. The third-order valence-electron chi connectivity index (χ3n) is 11.8. The molecule has 11 nitrogen and oxygen atoms in total. The molecule has 0 saturated carbocycles. The highest BCUT2D eigenvalue weighted by molar-refractivity contribution is 5.80. The summed E-state index contributed by atoms with van der Waals surface area (Å²) in [5.41, 5.74) is 0. The van der Waals surface area contributed by atoms with E-state index < -0.39 is 74.2 Å². The number of hydrogen-bond acceptors (Lipinski definition) is 10. The molecule has 0 radical (unpaired) electrons. The van der Waals surface area contributed by atoms with E-state index in [0.29, 0.717) is 19.3 Å². The maximum absolute atomic E-state index is 13.1. The predicted octanol–water partition coefficient (Wildman–Crippen LogP) is 8.06. The molecule has 1 fully saturated rings. The van der Waals surface area contributed by atoms with Gasteiger partial charge in [0, 0.05) is 0 Å². The van der Waals surface area contributed by atoms with E-state index in [1.807, 2.05) is 0 Å². The molecule has 1 saturated heterocycles. The normalized spacial score (nSPS) is 22.0. The van der Waals surface area contributed by atoms with Crippen molar-refractivity contribution in [2.45, 2.75) is 268 Å². The van der Waals surface area contributed by atoms with Gasteiger partial charge >= 0.3 is 0 Å². The number of carbonyl (C=O) groups is 1. The summed E-state index contributed by atoms with van der Waals surface area (Å²) >= 11 is 0. The first kappa shape index (κ1) is 54.9. The van der Waals surface area contributed by atoms with Gasteiger partial charge in [-0.25, -0.2) is 0 Å². The van der Waals surface area contributed by atoms with Crippen molar-refractivity contribution >= 4 is 5.91 Å². The lowest BCUT2D eigenvalue weighted by molar-refractivity contribution is -0.303. The Morgan fingerprint density at radius 3 is 1.45 bits per heavy atom. The van der Waals surface area contributed by atoms with E-state index in [1.54, 1.807) is 0 Å². The molecule has 9 atom stereocenters. The van der Waals surface area contributed by atoms with Gasteiger partial charge in [0.15, 0.2) is 6.29 Å². The number of carbonyl (C=O) groups excluding carboxylic acids is 1. The molecule has 1 aliphatic heterocycles. The third-order valence-corrected chi connectivity index (χ3v) is 11.8. The average Bonchev–Trinajstić information content (AvgIpc) is 3.22. The SMILES string of the molecule is CCCCCCCCCC/C=C\CCCCCCCCC(O)C(=O)NC(COC1OC(CO)C(O)C(O)C1O)C(O)C(O)CCCCCCCCCCCCCCC. The van der Waals surface area contributed by atoms with E-state index >= 15 is 0 Å². The number of ether oxygens (including phenoxy) is 2. The number of unbranched alkanes of at least 4 members (excludes halogenated alkanes) is 26. The van der Waals surface area contributed by atoms with Crippen LogP contribution in [0.4, 0.5) is 0 Å². The van der Waals surface area contributed by atoms with Crippen molar-refractivity contribution in [3.63, 3.8) is 0 Å². The third kappa shape index (κ3) is 26.9. The molecule has 58 heavy (non-hydrogen) atoms. The topological polar surface area (TPSA) is 189 Å². The summed E-state index contributed by atoms with van der Waals surface area (Å²) in [6, 6.07) is -1.17. The maximum atomic E-state index is 13.1. The monoisotopic (exact) mass is 830 g/mol. The first-order valence-electron chi connectivity index (χ1n) is 24.1. The smallest absolute Gasteiger partial charge is 0.249 e. The van der Waals surface area contributed by atoms with Gasteiger partial charge in [-0.2, -0.15) is 0 Å². The van der Waals surface area contributed by atoms with Gasteiger partial charge in [0.05, 0.1) is 25.4 Å². The molecule has 0 aliphatic carbocycles. The summed E-state index contributed by atoms with van der Waals surface area (Å²) in [7, 11) is 0. The number of hydrogen-bond donors (Lipinski definition) is 8. The minimum Gasteiger partial charge on any atom is -0.394 e. The molecule has 1 heterocycles. The fourth-order valence-corrected chi connectivity index (χ4v) is 7.79. The fourth-order valence-electron chi connectivity index (χ4n) is 7.79. The molecule has 0 aromatic carbocycles. The Balaban J connectivity index is 2.43. The van der Waals surface area contributed by atoms with Crippen LogP contribution < -0.4 is 5.32 Å². The standard InChI is InChI=1S/C47H91NO10/c1-3-5-7-9-11-13-15-17-18-19-20-21-23-25-27-29-31-33-35-40(51)46(56)48-38(37-57-47-45(55)44(54)43(53)41(36-49)58-47)42(52)39(50)34-32-30-28-26-24-22-16-14-12-10-8-6-4-2/h19-20,38-45,47,49-55H,3-18,21-37H2,1-2H3,(H,48,56)/b20-19-. The molecule has 1 amide bonds. The molecular formula is C47H91NO10. The second-order valence-corrected chi connectivity index (χ2v) is 17.2. The van der Waals surface area contributed by atoms with Gasteiger partial charge in [-0.15, -0.1) is 0 Å². The van der Waals surface area contributed by atoms with Gasteiger partial charge < -0.3 is 50.5 Å². The summed E-state index contributed by atoms with van der Waals surface area (Å²) in [5, 5.41) is 75.7. The summed E-state index contributed by atoms with van der Waals surface area (Å²) in [5.74, 6) is -0.701. The maximum Gasteiger partial charge on any atom is 0.249 e. The van der Waals surface area contributed by atoms with E-state index in [4.69, 9.17) is 9.47 Å². The second-order valence-electron chi connectivity index (χ2n) is 17.2. The first-order valence-corrected chi connectivity index (χ1v) is 24.1. The lowest BCUT2D eigenvalue weighted by Gasteiger charge is -2.40. The number of amides is 1. The van der Waals surface area contributed by atoms with Gasteiger partial charge in [0.25, 0.3) is 0 Å². The zero-order valence-corrected chi connectivity index (χ0v) is 37.0. The van der Waals surface area contributed by atoms with Gasteiger partial charge in [-0.05, 0) is 38.5 Å². The molecule has 344 valence electrons. The Morgan fingerprint density at radius 1 is 0.586 bits per heavy atom. The van der Waals surface area contributed by atoms with Crippen LogP contribution in [-0.4, -0.2) is 110 Å². The minimum absolute atomic E-state index is 0.255. The van der Waals surface area contributed by atoms with Crippen LogP contribution in [0, 0.1) is 0 Å². The summed E-state index contributed by atoms with van der Waals surface area (Å²) in [6.07, 6.45) is 28.2. The molecule has 9 unspecified atom stereocenters. The van der Waals surface area contributed by atoms with Crippen molar-refractivity contribution < 1.29 is 50.0 Å². The van der Waals surface area contributed by atoms with Crippen LogP contribution in [-0.2, 0) is 14.3 Å². The van der Waals surface area contributed by atoms with E-state index in [9.17, 15) is 40.5 Å². The molecule has 1 aliphatic rings. The molecule has 0 aromatic heterocycles. The number of aliphatic hydroxyl groups is 7. The van der Waals surface area contributed by atoms with Crippen molar-refractivity contribution in [1.29, 1.82) is 0 Å². The van der Waals surface area contributed by atoms with Gasteiger partial charge in [0.1, 0.15) is 36.6 Å². The first-order chi connectivity index (χ1) is 28.2. The van der Waals surface area contributed by atoms with Crippen molar-refractivity contribution in [2.24, 2.45) is 0 Å².